The van der Waals surface area contributed by atoms with Crippen LogP contribution in [0.25, 0.3) is 10.4 Å². The maximum Gasteiger partial charge on any atom is 0.253 e. The number of hydrogen-bond acceptors (Lipinski definition) is 15. The van der Waals surface area contributed by atoms with E-state index in [4.69, 9.17) is 9.72 Å². The molecule has 0 radical (unpaired) electrons. The first-order valence-corrected chi connectivity index (χ1v) is 27.7. The molecule has 4 atom stereocenters. The zero-order valence-corrected chi connectivity index (χ0v) is 46.9. The summed E-state index contributed by atoms with van der Waals surface area (Å²) in [5.74, 6) is 0.212. The number of aliphatic hydroxyl groups is 1. The number of carbonyl (C=O) groups is 4. The van der Waals surface area contributed by atoms with Crippen molar-refractivity contribution >= 4 is 40.8 Å². The number of aromatic nitrogens is 3. The fraction of sp³-hybridized carbons (Fsp3) is 0.579. The molecule has 4 aromatic rings. The van der Waals surface area contributed by atoms with E-state index in [1.165, 1.54) is 4.90 Å². The number of aryl methyl sites for hydroxylation is 2. The Balaban J connectivity index is 0.728. The van der Waals surface area contributed by atoms with E-state index in [2.05, 4.69) is 79.3 Å². The molecule has 8 rings (SSSR count). The summed E-state index contributed by atoms with van der Waals surface area (Å²) in [7, 11) is 0. The second kappa shape index (κ2) is 23.3. The van der Waals surface area contributed by atoms with Crippen LogP contribution in [0.2, 0.25) is 0 Å². The summed E-state index contributed by atoms with van der Waals surface area (Å²) in [6, 6.07) is 15.2. The molecule has 76 heavy (non-hydrogen) atoms. The SMILES string of the molecule is Cc1nc(OC2C(C)(C)C(NC(=O)c3ccc(N4CCN(CCCN5CCN(CC(=O)NC(C(=O)N6C[C@H](O)C[C@H]6C(=O)NC(C)c6ccc(-c7scnc7C)cc6)C(C)(C)C)CC5)CC4)nc3)C2(C)C)ccc1C#N. The van der Waals surface area contributed by atoms with Crippen molar-refractivity contribution in [2.75, 3.05) is 83.4 Å². The number of β-amino-alcohol motifs (C(OH)–C–C–N with tert-alkyl or cyclic N) is 1. The van der Waals surface area contributed by atoms with Gasteiger partial charge in [-0.25, -0.2) is 15.0 Å². The molecule has 6 heterocycles. The molecule has 408 valence electrons. The second-order valence-electron chi connectivity index (χ2n) is 23.5. The minimum Gasteiger partial charge on any atom is -0.473 e. The van der Waals surface area contributed by atoms with E-state index in [0.717, 1.165) is 99.4 Å². The van der Waals surface area contributed by atoms with Crippen molar-refractivity contribution < 1.29 is 29.0 Å². The number of thiazole rings is 1. The first kappa shape index (κ1) is 56.2. The number of carbonyl (C=O) groups excluding carboxylic acids is 4. The number of ether oxygens (including phenoxy) is 1. The maximum atomic E-state index is 14.3. The number of anilines is 1. The molecule has 4 N–H and O–H groups in total. The first-order valence-electron chi connectivity index (χ1n) is 26.9. The summed E-state index contributed by atoms with van der Waals surface area (Å²) in [4.78, 5) is 80.6. The highest BCUT2D eigenvalue weighted by Gasteiger charge is 2.64. The topological polar surface area (TPSA) is 212 Å². The van der Waals surface area contributed by atoms with E-state index in [1.807, 2.05) is 76.5 Å². The summed E-state index contributed by atoms with van der Waals surface area (Å²) >= 11 is 1.59. The lowest BCUT2D eigenvalue weighted by Gasteiger charge is -2.62. The second-order valence-corrected chi connectivity index (χ2v) is 24.4. The fourth-order valence-electron chi connectivity index (χ4n) is 11.9. The van der Waals surface area contributed by atoms with Gasteiger partial charge >= 0.3 is 0 Å². The van der Waals surface area contributed by atoms with E-state index in [-0.39, 0.29) is 72.2 Å². The monoisotopic (exact) mass is 1060 g/mol. The van der Waals surface area contributed by atoms with Crippen LogP contribution in [0, 0.1) is 41.4 Å². The van der Waals surface area contributed by atoms with Gasteiger partial charge in [-0.3, -0.25) is 29.0 Å². The predicted molar refractivity (Wildman–Crippen MR) is 294 cm³/mol. The number of nitriles is 1. The number of pyridine rings is 2. The van der Waals surface area contributed by atoms with Crippen LogP contribution in [-0.2, 0) is 14.4 Å². The maximum absolute atomic E-state index is 14.3. The van der Waals surface area contributed by atoms with Gasteiger partial charge in [0.25, 0.3) is 5.91 Å². The van der Waals surface area contributed by atoms with Crippen LogP contribution in [0.1, 0.15) is 107 Å². The van der Waals surface area contributed by atoms with Crippen molar-refractivity contribution in [3.8, 4) is 22.4 Å². The summed E-state index contributed by atoms with van der Waals surface area (Å²) < 4.78 is 6.36. The predicted octanol–water partition coefficient (Wildman–Crippen LogP) is 5.20. The molecule has 0 spiro atoms. The van der Waals surface area contributed by atoms with Gasteiger partial charge in [0.15, 0.2) is 0 Å². The van der Waals surface area contributed by atoms with Gasteiger partial charge in [-0.2, -0.15) is 5.26 Å². The number of likely N-dealkylation sites (tertiary alicyclic amines) is 1. The van der Waals surface area contributed by atoms with Crippen LogP contribution < -0.4 is 25.6 Å². The summed E-state index contributed by atoms with van der Waals surface area (Å²) in [5, 5.41) is 29.4. The first-order chi connectivity index (χ1) is 36.0. The summed E-state index contributed by atoms with van der Waals surface area (Å²) in [5.41, 5.74) is 5.03. The largest absolute Gasteiger partial charge is 0.473 e. The number of hydrogen-bond donors (Lipinski definition) is 4. The molecular weight excluding hydrogens is 981 g/mol. The van der Waals surface area contributed by atoms with E-state index < -0.39 is 23.6 Å². The molecule has 1 aliphatic carbocycles. The highest BCUT2D eigenvalue weighted by molar-refractivity contribution is 7.13. The molecule has 1 aromatic carbocycles. The van der Waals surface area contributed by atoms with Crippen LogP contribution in [0.3, 0.4) is 0 Å². The summed E-state index contributed by atoms with van der Waals surface area (Å²) in [6.07, 6.45) is 1.77. The number of piperazine rings is 2. The van der Waals surface area contributed by atoms with E-state index in [1.54, 1.807) is 36.6 Å². The number of nitrogens with one attached hydrogen (secondary N) is 3. The van der Waals surface area contributed by atoms with Gasteiger partial charge in [0.05, 0.1) is 51.6 Å². The Kier molecular flexibility index (Phi) is 17.2. The lowest BCUT2D eigenvalue weighted by atomic mass is 9.49. The fourth-order valence-corrected chi connectivity index (χ4v) is 12.7. The lowest BCUT2D eigenvalue weighted by molar-refractivity contribution is -0.165. The Labute approximate surface area is 452 Å². The van der Waals surface area contributed by atoms with Crippen molar-refractivity contribution in [1.82, 2.24) is 50.5 Å². The molecule has 4 aliphatic rings. The third kappa shape index (κ3) is 12.7. The average molecular weight is 1060 g/mol. The van der Waals surface area contributed by atoms with Gasteiger partial charge in [0.1, 0.15) is 30.1 Å². The molecule has 2 unspecified atom stereocenters. The summed E-state index contributed by atoms with van der Waals surface area (Å²) in [6.45, 7) is 28.6. The van der Waals surface area contributed by atoms with E-state index in [0.29, 0.717) is 22.7 Å². The molecule has 0 bridgehead atoms. The smallest absolute Gasteiger partial charge is 0.253 e. The van der Waals surface area contributed by atoms with Crippen LogP contribution in [0.5, 0.6) is 5.88 Å². The minimum absolute atomic E-state index is 0.0181. The molecule has 3 aromatic heterocycles. The van der Waals surface area contributed by atoms with Crippen LogP contribution in [0.15, 0.2) is 60.2 Å². The zero-order chi connectivity index (χ0) is 54.7. The molecular formula is C57H78N12O6S. The standard InChI is InChI=1S/C57H78N12O6S/c1-36(39-12-14-40(15-13-39)48-38(3)60-35-76-48)62-51(73)44-30-43(70)33-69(44)52(74)49(55(4,5)6)63-46(71)34-67-24-22-65(23-25-67)20-11-21-66-26-28-68(29-27-66)45-18-16-42(32-59-45)50(72)64-53-56(7,8)54(57(53,9)10)75-47-19-17-41(31-58)37(2)61-47/h12-19,32,35-36,43-44,49,53-54,70H,11,20-30,33-34H2,1-10H3,(H,62,73)(H,63,71)(H,64,72)/t36?,43-,44+,49?,53?,54?/m1/s1. The zero-order valence-electron chi connectivity index (χ0n) is 46.1. The van der Waals surface area contributed by atoms with Gasteiger partial charge in [0, 0.05) is 94.5 Å². The lowest BCUT2D eigenvalue weighted by Crippen LogP contribution is -2.74. The number of aliphatic hydroxyl groups excluding tert-OH is 1. The Morgan fingerprint density at radius 2 is 1.50 bits per heavy atom. The van der Waals surface area contributed by atoms with Gasteiger partial charge in [-0.1, -0.05) is 72.7 Å². The van der Waals surface area contributed by atoms with Gasteiger partial charge in [-0.15, -0.1) is 11.3 Å². The van der Waals surface area contributed by atoms with Crippen LogP contribution in [-0.4, -0.2) is 172 Å². The Hall–Kier alpha value is -6.04. The highest BCUT2D eigenvalue weighted by atomic mass is 32.1. The molecule has 19 heteroatoms. The van der Waals surface area contributed by atoms with Crippen molar-refractivity contribution in [1.29, 1.82) is 5.26 Å². The van der Waals surface area contributed by atoms with Crippen LogP contribution >= 0.6 is 11.3 Å². The van der Waals surface area contributed by atoms with Crippen molar-refractivity contribution in [3.05, 3.63) is 88.3 Å². The van der Waals surface area contributed by atoms with Crippen molar-refractivity contribution in [2.45, 2.75) is 118 Å². The molecule has 1 saturated carbocycles. The van der Waals surface area contributed by atoms with E-state index in [9.17, 15) is 29.5 Å². The van der Waals surface area contributed by atoms with E-state index >= 15 is 0 Å². The Morgan fingerprint density at radius 3 is 2.08 bits per heavy atom. The quantitative estimate of drug-likeness (QED) is 0.107. The third-order valence-corrected chi connectivity index (χ3v) is 17.1. The Bertz CT molecular complexity index is 2720. The average Bonchev–Trinajstić information content (AvgIpc) is 4.01. The molecule has 4 fully saturated rings. The number of benzene rings is 1. The highest BCUT2D eigenvalue weighted by Crippen LogP contribution is 2.55. The molecule has 4 amide bonds. The number of rotatable bonds is 17. The van der Waals surface area contributed by atoms with Gasteiger partial charge < -0.3 is 40.5 Å². The van der Waals surface area contributed by atoms with Gasteiger partial charge in [0.2, 0.25) is 23.6 Å². The minimum atomic E-state index is -0.889. The normalized spacial score (nSPS) is 22.7. The molecule has 3 aliphatic heterocycles. The number of amides is 4. The Morgan fingerprint density at radius 1 is 0.855 bits per heavy atom. The molecule has 3 saturated heterocycles. The van der Waals surface area contributed by atoms with Crippen molar-refractivity contribution in [3.63, 3.8) is 0 Å². The van der Waals surface area contributed by atoms with Crippen LogP contribution in [0.4, 0.5) is 5.82 Å². The number of nitrogens with zero attached hydrogens (tertiary/aromatic N) is 9. The third-order valence-electron chi connectivity index (χ3n) is 16.1. The molecule has 18 nitrogen and oxygen atoms in total. The van der Waals surface area contributed by atoms with Gasteiger partial charge in [-0.05, 0) is 75.0 Å². The van der Waals surface area contributed by atoms with Crippen molar-refractivity contribution in [2.24, 2.45) is 16.2 Å².